The Hall–Kier alpha value is 0.620. The highest BCUT2D eigenvalue weighted by atomic mass is 79.9. The standard InChI is InChI=1S/C9H13Br2NS/c1-7(5-10)12(2)6-8-3-4-9(11)13-8/h3-4,7H,5-6H2,1-2H3. The maximum Gasteiger partial charge on any atom is 0.0701 e. The minimum absolute atomic E-state index is 0.584. The second-order valence-corrected chi connectivity index (χ2v) is 6.32. The summed E-state index contributed by atoms with van der Waals surface area (Å²) in [6.07, 6.45) is 0. The van der Waals surface area contributed by atoms with Crippen LogP contribution in [0.4, 0.5) is 0 Å². The highest BCUT2D eigenvalue weighted by Gasteiger charge is 2.08. The van der Waals surface area contributed by atoms with Gasteiger partial charge in [-0.2, -0.15) is 0 Å². The van der Waals surface area contributed by atoms with Gasteiger partial charge in [0.05, 0.1) is 3.79 Å². The molecule has 1 nitrogen and oxygen atoms in total. The van der Waals surface area contributed by atoms with E-state index in [0.717, 1.165) is 11.9 Å². The smallest absolute Gasteiger partial charge is 0.0701 e. The summed E-state index contributed by atoms with van der Waals surface area (Å²) in [7, 11) is 2.15. The molecular formula is C9H13Br2NS. The summed E-state index contributed by atoms with van der Waals surface area (Å²) in [5, 5.41) is 1.02. The van der Waals surface area contributed by atoms with Crippen LogP contribution in [-0.2, 0) is 6.54 Å². The van der Waals surface area contributed by atoms with Crippen molar-refractivity contribution in [3.05, 3.63) is 20.8 Å². The van der Waals surface area contributed by atoms with Crippen molar-refractivity contribution in [2.75, 3.05) is 12.4 Å². The average molecular weight is 327 g/mol. The third kappa shape index (κ3) is 3.70. The van der Waals surface area contributed by atoms with Gasteiger partial charge < -0.3 is 0 Å². The van der Waals surface area contributed by atoms with Gasteiger partial charge in [0, 0.05) is 22.8 Å². The molecule has 0 aliphatic carbocycles. The molecular weight excluding hydrogens is 314 g/mol. The molecule has 0 bridgehead atoms. The van der Waals surface area contributed by atoms with Gasteiger partial charge in [-0.25, -0.2) is 0 Å². The van der Waals surface area contributed by atoms with Gasteiger partial charge in [0.1, 0.15) is 0 Å². The van der Waals surface area contributed by atoms with Crippen LogP contribution in [0.3, 0.4) is 0 Å². The summed E-state index contributed by atoms with van der Waals surface area (Å²) < 4.78 is 1.21. The van der Waals surface area contributed by atoms with Gasteiger partial charge in [-0.05, 0) is 42.0 Å². The molecule has 0 saturated carbocycles. The van der Waals surface area contributed by atoms with Gasteiger partial charge in [0.2, 0.25) is 0 Å². The van der Waals surface area contributed by atoms with E-state index < -0.39 is 0 Å². The van der Waals surface area contributed by atoms with Gasteiger partial charge >= 0.3 is 0 Å². The molecule has 4 heteroatoms. The minimum atomic E-state index is 0.584. The van der Waals surface area contributed by atoms with Crippen molar-refractivity contribution in [3.63, 3.8) is 0 Å². The molecule has 0 fully saturated rings. The van der Waals surface area contributed by atoms with Crippen LogP contribution in [0.15, 0.2) is 15.9 Å². The van der Waals surface area contributed by atoms with Crippen LogP contribution in [-0.4, -0.2) is 23.3 Å². The first kappa shape index (κ1) is 11.7. The first-order valence-electron chi connectivity index (χ1n) is 4.14. The molecule has 0 spiro atoms. The Bertz CT molecular complexity index is 262. The molecule has 0 aliphatic heterocycles. The van der Waals surface area contributed by atoms with Crippen molar-refractivity contribution in [1.82, 2.24) is 4.90 Å². The maximum absolute atomic E-state index is 3.49. The van der Waals surface area contributed by atoms with Crippen molar-refractivity contribution in [2.24, 2.45) is 0 Å². The van der Waals surface area contributed by atoms with E-state index in [-0.39, 0.29) is 0 Å². The van der Waals surface area contributed by atoms with Gasteiger partial charge in [-0.1, -0.05) is 15.9 Å². The molecule has 1 heterocycles. The lowest BCUT2D eigenvalue weighted by molar-refractivity contribution is 0.273. The largest absolute Gasteiger partial charge is 0.298 e. The highest BCUT2D eigenvalue weighted by Crippen LogP contribution is 2.23. The van der Waals surface area contributed by atoms with Gasteiger partial charge in [0.15, 0.2) is 0 Å². The van der Waals surface area contributed by atoms with Crippen LogP contribution in [0.5, 0.6) is 0 Å². The van der Waals surface area contributed by atoms with Crippen LogP contribution >= 0.6 is 43.2 Å². The van der Waals surface area contributed by atoms with Crippen molar-refractivity contribution in [1.29, 1.82) is 0 Å². The van der Waals surface area contributed by atoms with Crippen molar-refractivity contribution in [3.8, 4) is 0 Å². The number of nitrogens with zero attached hydrogens (tertiary/aromatic N) is 1. The second kappa shape index (κ2) is 5.49. The number of halogens is 2. The lowest BCUT2D eigenvalue weighted by Gasteiger charge is -2.21. The molecule has 13 heavy (non-hydrogen) atoms. The van der Waals surface area contributed by atoms with Crippen LogP contribution in [0.25, 0.3) is 0 Å². The van der Waals surface area contributed by atoms with E-state index in [9.17, 15) is 0 Å². The molecule has 1 unspecified atom stereocenters. The zero-order chi connectivity index (χ0) is 9.84. The van der Waals surface area contributed by atoms with Crippen LogP contribution in [0, 0.1) is 0 Å². The van der Waals surface area contributed by atoms with E-state index in [1.807, 2.05) is 0 Å². The zero-order valence-corrected chi connectivity index (χ0v) is 11.7. The average Bonchev–Trinajstić information content (AvgIpc) is 2.49. The third-order valence-electron chi connectivity index (χ3n) is 2.01. The molecule has 0 amide bonds. The summed E-state index contributed by atoms with van der Waals surface area (Å²) in [4.78, 5) is 3.75. The molecule has 0 aromatic carbocycles. The van der Waals surface area contributed by atoms with Crippen LogP contribution in [0.2, 0.25) is 0 Å². The number of rotatable bonds is 4. The quantitative estimate of drug-likeness (QED) is 0.762. The van der Waals surface area contributed by atoms with E-state index in [2.05, 4.69) is 62.9 Å². The summed E-state index contributed by atoms with van der Waals surface area (Å²) >= 11 is 8.76. The van der Waals surface area contributed by atoms with Crippen molar-refractivity contribution < 1.29 is 0 Å². The Balaban J connectivity index is 2.49. The van der Waals surface area contributed by atoms with E-state index >= 15 is 0 Å². The first-order valence-corrected chi connectivity index (χ1v) is 6.87. The number of hydrogen-bond acceptors (Lipinski definition) is 2. The van der Waals surface area contributed by atoms with E-state index in [4.69, 9.17) is 0 Å². The Morgan fingerprint density at radius 1 is 1.54 bits per heavy atom. The highest BCUT2D eigenvalue weighted by molar-refractivity contribution is 9.11. The number of alkyl halides is 1. The molecule has 0 saturated heterocycles. The topological polar surface area (TPSA) is 3.24 Å². The first-order chi connectivity index (χ1) is 6.13. The van der Waals surface area contributed by atoms with Crippen LogP contribution in [0.1, 0.15) is 11.8 Å². The van der Waals surface area contributed by atoms with Crippen LogP contribution < -0.4 is 0 Å². The maximum atomic E-state index is 3.49. The molecule has 1 aromatic rings. The number of hydrogen-bond donors (Lipinski definition) is 0. The lowest BCUT2D eigenvalue weighted by Crippen LogP contribution is -2.29. The van der Waals surface area contributed by atoms with Crippen molar-refractivity contribution in [2.45, 2.75) is 19.5 Å². The van der Waals surface area contributed by atoms with E-state index in [1.165, 1.54) is 8.66 Å². The fourth-order valence-corrected chi connectivity index (χ4v) is 3.00. The molecule has 0 N–H and O–H groups in total. The summed E-state index contributed by atoms with van der Waals surface area (Å²) in [5.41, 5.74) is 0. The summed E-state index contributed by atoms with van der Waals surface area (Å²) in [6, 6.07) is 4.86. The molecule has 0 aliphatic rings. The fourth-order valence-electron chi connectivity index (χ4n) is 0.956. The lowest BCUT2D eigenvalue weighted by atomic mass is 10.3. The summed E-state index contributed by atoms with van der Waals surface area (Å²) in [5.74, 6) is 0. The molecule has 1 aromatic heterocycles. The van der Waals surface area contributed by atoms with Gasteiger partial charge in [-0.15, -0.1) is 11.3 Å². The van der Waals surface area contributed by atoms with Crippen molar-refractivity contribution >= 4 is 43.2 Å². The SMILES string of the molecule is CC(CBr)N(C)Cc1ccc(Br)s1. The monoisotopic (exact) mass is 325 g/mol. The Labute approximate surface area is 100 Å². The molecule has 1 atom stereocenters. The Morgan fingerprint density at radius 2 is 2.23 bits per heavy atom. The Morgan fingerprint density at radius 3 is 2.69 bits per heavy atom. The molecule has 0 radical (unpaired) electrons. The minimum Gasteiger partial charge on any atom is -0.298 e. The van der Waals surface area contributed by atoms with Gasteiger partial charge in [-0.3, -0.25) is 4.90 Å². The van der Waals surface area contributed by atoms with E-state index in [1.54, 1.807) is 11.3 Å². The Kier molecular flexibility index (Phi) is 4.94. The van der Waals surface area contributed by atoms with E-state index in [0.29, 0.717) is 6.04 Å². The normalized spacial score (nSPS) is 13.6. The predicted octanol–water partition coefficient (Wildman–Crippen LogP) is 3.73. The molecule has 1 rings (SSSR count). The predicted molar refractivity (Wildman–Crippen MR) is 66.7 cm³/mol. The fraction of sp³-hybridized carbons (Fsp3) is 0.556. The summed E-state index contributed by atoms with van der Waals surface area (Å²) in [6.45, 7) is 3.25. The molecule has 74 valence electrons. The van der Waals surface area contributed by atoms with Gasteiger partial charge in [0.25, 0.3) is 0 Å². The number of thiophene rings is 1. The third-order valence-corrected chi connectivity index (χ3v) is 4.56. The zero-order valence-electron chi connectivity index (χ0n) is 7.76. The second-order valence-electron chi connectivity index (χ2n) is 3.12.